The Morgan fingerprint density at radius 1 is 0.911 bits per heavy atom. The fourth-order valence-electron chi connectivity index (χ4n) is 4.25. The van der Waals surface area contributed by atoms with Crippen molar-refractivity contribution in [3.8, 4) is 17.2 Å². The fourth-order valence-corrected chi connectivity index (χ4v) is 4.25. The van der Waals surface area contributed by atoms with E-state index in [-0.39, 0.29) is 35.4 Å². The lowest BCUT2D eigenvalue weighted by Crippen LogP contribution is -2.53. The number of amides is 4. The number of aromatic hydroxyl groups is 1. The standard InChI is InChI=1S/C32H31F2N5O6/c1-18(2)28(39-30(43)26-17-45-32(38-26)20-6-4-3-5-7-20)31(44)35-16-27(41)36-25(14-19-8-11-22(40)12-9-19)29(42)37-24-13-10-21(33)15-23(24)34/h3-13,15,17-18,25,28,40H,14,16H2,1-2H3,(H,35,44)(H,36,41)(H,37,42)(H,39,43)/t25-,28-/m0/s1. The van der Waals surface area contributed by atoms with Crippen LogP contribution in [0.4, 0.5) is 14.5 Å². The van der Waals surface area contributed by atoms with E-state index in [2.05, 4.69) is 26.3 Å². The van der Waals surface area contributed by atoms with Gasteiger partial charge in [-0.1, -0.05) is 44.2 Å². The number of halogens is 2. The molecule has 1 heterocycles. The third-order valence-electron chi connectivity index (χ3n) is 6.63. The Morgan fingerprint density at radius 3 is 2.29 bits per heavy atom. The smallest absolute Gasteiger partial charge is 0.273 e. The maximum atomic E-state index is 14.2. The van der Waals surface area contributed by atoms with Crippen molar-refractivity contribution in [1.29, 1.82) is 0 Å². The van der Waals surface area contributed by atoms with Crippen LogP contribution in [0.3, 0.4) is 0 Å². The van der Waals surface area contributed by atoms with Crippen molar-refractivity contribution in [2.24, 2.45) is 5.92 Å². The Hall–Kier alpha value is -5.59. The molecular formula is C32H31F2N5O6. The van der Waals surface area contributed by atoms with Gasteiger partial charge < -0.3 is 30.8 Å². The highest BCUT2D eigenvalue weighted by atomic mass is 19.1. The number of oxazole rings is 1. The number of nitrogens with one attached hydrogen (secondary N) is 4. The summed E-state index contributed by atoms with van der Waals surface area (Å²) in [5.41, 5.74) is 0.896. The van der Waals surface area contributed by atoms with Crippen LogP contribution in [-0.4, -0.2) is 52.3 Å². The van der Waals surface area contributed by atoms with Gasteiger partial charge in [-0.15, -0.1) is 0 Å². The number of carbonyl (C=O) groups is 4. The molecule has 0 aliphatic carbocycles. The number of nitrogens with zero attached hydrogens (tertiary/aromatic N) is 1. The second kappa shape index (κ2) is 14.7. The largest absolute Gasteiger partial charge is 0.508 e. The van der Waals surface area contributed by atoms with Crippen molar-refractivity contribution >= 4 is 29.3 Å². The van der Waals surface area contributed by atoms with Crippen LogP contribution in [0, 0.1) is 17.6 Å². The molecule has 5 N–H and O–H groups in total. The molecule has 4 amide bonds. The Labute approximate surface area is 257 Å². The van der Waals surface area contributed by atoms with Crippen LogP contribution in [0.25, 0.3) is 11.5 Å². The van der Waals surface area contributed by atoms with E-state index in [0.29, 0.717) is 17.2 Å². The van der Waals surface area contributed by atoms with Crippen LogP contribution in [0.5, 0.6) is 5.75 Å². The lowest BCUT2D eigenvalue weighted by Gasteiger charge is -2.22. The lowest BCUT2D eigenvalue weighted by atomic mass is 10.0. The molecule has 0 aliphatic heterocycles. The summed E-state index contributed by atoms with van der Waals surface area (Å²) in [5.74, 6) is -4.86. The number of hydrogen-bond donors (Lipinski definition) is 5. The molecule has 1 aromatic heterocycles. The molecule has 234 valence electrons. The average molecular weight is 620 g/mol. The SMILES string of the molecule is CC(C)[C@H](NC(=O)c1coc(-c2ccccc2)n1)C(=O)NCC(=O)N[C@@H](Cc1ccc(O)cc1)C(=O)Nc1ccc(F)cc1F. The van der Waals surface area contributed by atoms with Crippen molar-refractivity contribution < 1.29 is 37.5 Å². The van der Waals surface area contributed by atoms with Gasteiger partial charge in [0.15, 0.2) is 5.69 Å². The van der Waals surface area contributed by atoms with Crippen LogP contribution in [0.15, 0.2) is 83.5 Å². The molecule has 2 atom stereocenters. The quantitative estimate of drug-likeness (QED) is 0.162. The van der Waals surface area contributed by atoms with E-state index in [1.807, 2.05) is 6.07 Å². The molecule has 0 spiro atoms. The van der Waals surface area contributed by atoms with Gasteiger partial charge in [-0.3, -0.25) is 19.2 Å². The van der Waals surface area contributed by atoms with Gasteiger partial charge in [0, 0.05) is 18.1 Å². The summed E-state index contributed by atoms with van der Waals surface area (Å²) >= 11 is 0. The van der Waals surface area contributed by atoms with E-state index in [9.17, 15) is 33.1 Å². The van der Waals surface area contributed by atoms with Crippen LogP contribution < -0.4 is 21.3 Å². The molecule has 0 unspecified atom stereocenters. The molecule has 3 aromatic carbocycles. The first kappa shape index (κ1) is 32.3. The van der Waals surface area contributed by atoms with Gasteiger partial charge in [-0.05, 0) is 47.9 Å². The number of phenolic OH excluding ortho intramolecular Hbond substituents is 1. The summed E-state index contributed by atoms with van der Waals surface area (Å²) in [6, 6.07) is 15.2. The highest BCUT2D eigenvalue weighted by Crippen LogP contribution is 2.19. The molecule has 45 heavy (non-hydrogen) atoms. The summed E-state index contributed by atoms with van der Waals surface area (Å²) in [4.78, 5) is 56.0. The Balaban J connectivity index is 1.38. The number of phenols is 1. The van der Waals surface area contributed by atoms with Crippen LogP contribution in [0.1, 0.15) is 29.9 Å². The van der Waals surface area contributed by atoms with Crippen molar-refractivity contribution in [2.45, 2.75) is 32.4 Å². The molecule has 11 nitrogen and oxygen atoms in total. The normalized spacial score (nSPS) is 12.2. The number of carbonyl (C=O) groups excluding carboxylic acids is 4. The Kier molecular flexibility index (Phi) is 10.6. The minimum Gasteiger partial charge on any atom is -0.508 e. The Bertz CT molecular complexity index is 1660. The van der Waals surface area contributed by atoms with Gasteiger partial charge in [0.2, 0.25) is 23.6 Å². The lowest BCUT2D eigenvalue weighted by molar-refractivity contribution is -0.129. The maximum absolute atomic E-state index is 14.2. The van der Waals surface area contributed by atoms with Gasteiger partial charge in [0.1, 0.15) is 35.7 Å². The second-order valence-corrected chi connectivity index (χ2v) is 10.4. The first-order chi connectivity index (χ1) is 21.5. The second-order valence-electron chi connectivity index (χ2n) is 10.4. The van der Waals surface area contributed by atoms with Crippen molar-refractivity contribution in [1.82, 2.24) is 20.9 Å². The van der Waals surface area contributed by atoms with E-state index in [0.717, 1.165) is 12.1 Å². The monoisotopic (exact) mass is 619 g/mol. The van der Waals surface area contributed by atoms with Crippen LogP contribution in [-0.2, 0) is 20.8 Å². The molecule has 0 bridgehead atoms. The van der Waals surface area contributed by atoms with Gasteiger partial charge in [-0.2, -0.15) is 0 Å². The molecule has 0 radical (unpaired) electrons. The summed E-state index contributed by atoms with van der Waals surface area (Å²) in [6.45, 7) is 2.86. The summed E-state index contributed by atoms with van der Waals surface area (Å²) in [7, 11) is 0. The molecular weight excluding hydrogens is 588 g/mol. The number of rotatable bonds is 12. The van der Waals surface area contributed by atoms with Gasteiger partial charge in [0.05, 0.1) is 12.2 Å². The van der Waals surface area contributed by atoms with Crippen molar-refractivity contribution in [3.05, 3.63) is 102 Å². The third-order valence-corrected chi connectivity index (χ3v) is 6.63. The average Bonchev–Trinajstić information content (AvgIpc) is 3.52. The Morgan fingerprint density at radius 2 is 1.62 bits per heavy atom. The number of hydrogen-bond acceptors (Lipinski definition) is 7. The van der Waals surface area contributed by atoms with Gasteiger partial charge >= 0.3 is 0 Å². The molecule has 0 aliphatic rings. The fraction of sp³-hybridized carbons (Fsp3) is 0.219. The number of aromatic nitrogens is 1. The first-order valence-corrected chi connectivity index (χ1v) is 13.9. The minimum atomic E-state index is -1.24. The summed E-state index contributed by atoms with van der Waals surface area (Å²) < 4.78 is 32.9. The number of benzene rings is 3. The molecule has 0 fully saturated rings. The topological polar surface area (TPSA) is 163 Å². The van der Waals surface area contributed by atoms with E-state index in [4.69, 9.17) is 4.42 Å². The molecule has 13 heteroatoms. The third kappa shape index (κ3) is 8.95. The maximum Gasteiger partial charge on any atom is 0.273 e. The first-order valence-electron chi connectivity index (χ1n) is 13.9. The van der Waals surface area contributed by atoms with Crippen molar-refractivity contribution in [2.75, 3.05) is 11.9 Å². The molecule has 0 saturated carbocycles. The van der Waals surface area contributed by atoms with E-state index >= 15 is 0 Å². The van der Waals surface area contributed by atoms with Crippen LogP contribution in [0.2, 0.25) is 0 Å². The summed E-state index contributed by atoms with van der Waals surface area (Å²) in [6.07, 6.45) is 1.12. The zero-order valence-corrected chi connectivity index (χ0v) is 24.3. The molecule has 4 rings (SSSR count). The van der Waals surface area contributed by atoms with Crippen LogP contribution >= 0.6 is 0 Å². The minimum absolute atomic E-state index is 0.00753. The summed E-state index contributed by atoms with van der Waals surface area (Å²) in [5, 5.41) is 19.5. The van der Waals surface area contributed by atoms with Crippen molar-refractivity contribution in [3.63, 3.8) is 0 Å². The number of anilines is 1. The zero-order valence-electron chi connectivity index (χ0n) is 24.3. The molecule has 0 saturated heterocycles. The highest BCUT2D eigenvalue weighted by molar-refractivity contribution is 5.99. The van der Waals surface area contributed by atoms with Gasteiger partial charge in [-0.25, -0.2) is 13.8 Å². The van der Waals surface area contributed by atoms with Gasteiger partial charge in [0.25, 0.3) is 5.91 Å². The predicted molar refractivity (Wildman–Crippen MR) is 160 cm³/mol. The molecule has 4 aromatic rings. The van der Waals surface area contributed by atoms with E-state index in [1.54, 1.807) is 38.1 Å². The zero-order chi connectivity index (χ0) is 32.5. The predicted octanol–water partition coefficient (Wildman–Crippen LogP) is 3.56. The highest BCUT2D eigenvalue weighted by Gasteiger charge is 2.28. The van der Waals surface area contributed by atoms with E-state index in [1.165, 1.54) is 30.5 Å². The van der Waals surface area contributed by atoms with E-state index < -0.39 is 53.9 Å².